The summed E-state index contributed by atoms with van der Waals surface area (Å²) in [6.07, 6.45) is -0.289. The van der Waals surface area contributed by atoms with Crippen molar-refractivity contribution in [3.05, 3.63) is 35.1 Å². The Morgan fingerprint density at radius 2 is 2.12 bits per heavy atom. The molecule has 1 aromatic rings. The zero-order valence-corrected chi connectivity index (χ0v) is 14.7. The molecule has 0 aromatic heterocycles. The van der Waals surface area contributed by atoms with Gasteiger partial charge in [0.05, 0.1) is 5.56 Å². The van der Waals surface area contributed by atoms with Gasteiger partial charge < -0.3 is 9.64 Å². The van der Waals surface area contributed by atoms with E-state index < -0.39 is 11.4 Å². The van der Waals surface area contributed by atoms with Gasteiger partial charge in [0.15, 0.2) is 0 Å². The summed E-state index contributed by atoms with van der Waals surface area (Å²) in [7, 11) is 0. The average Bonchev–Trinajstić information content (AvgIpc) is 2.47. The number of piperazine rings is 1. The third-order valence-corrected chi connectivity index (χ3v) is 3.90. The van der Waals surface area contributed by atoms with Crippen molar-refractivity contribution < 1.29 is 13.9 Å². The standard InChI is InChI=1S/C18H24FN3O2/c1-13-11-21(7-8-22(13)17(23)24-18(2,3)4)12-14-5-6-16(19)15(9-14)10-20/h5-6,9,13H,7-8,11-12H2,1-4H3/t13-/m0/s1. The average molecular weight is 333 g/mol. The second-order valence-corrected chi connectivity index (χ2v) is 7.18. The fourth-order valence-corrected chi connectivity index (χ4v) is 2.78. The van der Waals surface area contributed by atoms with Crippen LogP contribution in [0, 0.1) is 17.1 Å². The van der Waals surface area contributed by atoms with Crippen molar-refractivity contribution in [2.24, 2.45) is 0 Å². The summed E-state index contributed by atoms with van der Waals surface area (Å²) in [5.74, 6) is -0.496. The highest BCUT2D eigenvalue weighted by Crippen LogP contribution is 2.18. The van der Waals surface area contributed by atoms with E-state index in [4.69, 9.17) is 10.00 Å². The maximum atomic E-state index is 13.4. The molecule has 130 valence electrons. The molecule has 1 fully saturated rings. The minimum absolute atomic E-state index is 0.0319. The monoisotopic (exact) mass is 333 g/mol. The van der Waals surface area contributed by atoms with Gasteiger partial charge in [-0.25, -0.2) is 9.18 Å². The van der Waals surface area contributed by atoms with E-state index in [9.17, 15) is 9.18 Å². The van der Waals surface area contributed by atoms with E-state index in [0.29, 0.717) is 26.2 Å². The molecule has 6 heteroatoms. The number of hydrogen-bond acceptors (Lipinski definition) is 4. The molecule has 1 aliphatic rings. The molecule has 24 heavy (non-hydrogen) atoms. The Bertz CT molecular complexity index is 649. The lowest BCUT2D eigenvalue weighted by molar-refractivity contribution is 0.000558. The third kappa shape index (κ3) is 4.68. The van der Waals surface area contributed by atoms with Crippen molar-refractivity contribution in [3.8, 4) is 6.07 Å². The van der Waals surface area contributed by atoms with Crippen LogP contribution in [-0.2, 0) is 11.3 Å². The largest absolute Gasteiger partial charge is 0.444 e. The van der Waals surface area contributed by atoms with Gasteiger partial charge in [-0.1, -0.05) is 6.07 Å². The maximum absolute atomic E-state index is 13.4. The van der Waals surface area contributed by atoms with Crippen LogP contribution < -0.4 is 0 Å². The normalized spacial score (nSPS) is 19.0. The van der Waals surface area contributed by atoms with Crippen LogP contribution in [0.4, 0.5) is 9.18 Å². The van der Waals surface area contributed by atoms with Gasteiger partial charge in [0.25, 0.3) is 0 Å². The predicted octanol–water partition coefficient (Wildman–Crippen LogP) is 3.14. The number of amides is 1. The summed E-state index contributed by atoms with van der Waals surface area (Å²) in [6, 6.07) is 6.50. The van der Waals surface area contributed by atoms with Gasteiger partial charge in [-0.15, -0.1) is 0 Å². The van der Waals surface area contributed by atoms with Crippen molar-refractivity contribution in [1.29, 1.82) is 5.26 Å². The van der Waals surface area contributed by atoms with E-state index in [0.717, 1.165) is 5.56 Å². The van der Waals surface area contributed by atoms with E-state index in [2.05, 4.69) is 4.90 Å². The molecule has 1 aliphatic heterocycles. The van der Waals surface area contributed by atoms with Crippen LogP contribution in [0.1, 0.15) is 38.8 Å². The van der Waals surface area contributed by atoms with Gasteiger partial charge in [0.2, 0.25) is 0 Å². The Hall–Kier alpha value is -2.13. The van der Waals surface area contributed by atoms with E-state index >= 15 is 0 Å². The van der Waals surface area contributed by atoms with Gasteiger partial charge in [0.1, 0.15) is 17.5 Å². The van der Waals surface area contributed by atoms with Crippen molar-refractivity contribution in [1.82, 2.24) is 9.80 Å². The highest BCUT2D eigenvalue weighted by Gasteiger charge is 2.30. The third-order valence-electron chi connectivity index (χ3n) is 3.90. The van der Waals surface area contributed by atoms with E-state index in [1.54, 1.807) is 17.0 Å². The molecule has 1 heterocycles. The Morgan fingerprint density at radius 1 is 1.42 bits per heavy atom. The van der Waals surface area contributed by atoms with Crippen LogP contribution in [0.15, 0.2) is 18.2 Å². The molecular formula is C18H24FN3O2. The molecular weight excluding hydrogens is 309 g/mol. The smallest absolute Gasteiger partial charge is 0.410 e. The minimum Gasteiger partial charge on any atom is -0.444 e. The topological polar surface area (TPSA) is 56.6 Å². The Morgan fingerprint density at radius 3 is 2.71 bits per heavy atom. The fraction of sp³-hybridized carbons (Fsp3) is 0.556. The molecule has 0 radical (unpaired) electrons. The van der Waals surface area contributed by atoms with Crippen molar-refractivity contribution in [3.63, 3.8) is 0 Å². The lowest BCUT2D eigenvalue weighted by Crippen LogP contribution is -2.54. The second kappa shape index (κ2) is 7.18. The lowest BCUT2D eigenvalue weighted by atomic mass is 10.1. The van der Waals surface area contributed by atoms with Crippen LogP contribution in [0.25, 0.3) is 0 Å². The van der Waals surface area contributed by atoms with Gasteiger partial charge >= 0.3 is 6.09 Å². The van der Waals surface area contributed by atoms with Crippen LogP contribution in [0.2, 0.25) is 0 Å². The zero-order chi connectivity index (χ0) is 17.9. The molecule has 0 spiro atoms. The van der Waals surface area contributed by atoms with Crippen LogP contribution in [0.5, 0.6) is 0 Å². The van der Waals surface area contributed by atoms with Gasteiger partial charge in [0, 0.05) is 32.2 Å². The van der Waals surface area contributed by atoms with Crippen molar-refractivity contribution in [2.45, 2.75) is 45.9 Å². The number of nitrogens with zero attached hydrogens (tertiary/aromatic N) is 3. The van der Waals surface area contributed by atoms with Gasteiger partial charge in [-0.2, -0.15) is 5.26 Å². The maximum Gasteiger partial charge on any atom is 0.410 e. The second-order valence-electron chi connectivity index (χ2n) is 7.18. The molecule has 0 unspecified atom stereocenters. The number of hydrogen-bond donors (Lipinski definition) is 0. The predicted molar refractivity (Wildman–Crippen MR) is 88.8 cm³/mol. The number of carbonyl (C=O) groups is 1. The van der Waals surface area contributed by atoms with Crippen LogP contribution >= 0.6 is 0 Å². The zero-order valence-electron chi connectivity index (χ0n) is 14.7. The van der Waals surface area contributed by atoms with E-state index in [-0.39, 0.29) is 17.7 Å². The Balaban J connectivity index is 1.96. The Labute approximate surface area is 142 Å². The summed E-state index contributed by atoms with van der Waals surface area (Å²) >= 11 is 0. The van der Waals surface area contributed by atoms with Crippen molar-refractivity contribution >= 4 is 6.09 Å². The molecule has 2 rings (SSSR count). The molecule has 0 saturated carbocycles. The number of carbonyl (C=O) groups excluding carboxylic acids is 1. The molecule has 1 atom stereocenters. The van der Waals surface area contributed by atoms with Crippen molar-refractivity contribution in [2.75, 3.05) is 19.6 Å². The SMILES string of the molecule is C[C@H]1CN(Cc2ccc(F)c(C#N)c2)CCN1C(=O)OC(C)(C)C. The molecule has 1 amide bonds. The first-order chi connectivity index (χ1) is 11.2. The Kier molecular flexibility index (Phi) is 5.45. The first kappa shape index (κ1) is 18.2. The quantitative estimate of drug-likeness (QED) is 0.834. The molecule has 1 saturated heterocycles. The van der Waals surface area contributed by atoms with Gasteiger partial charge in [-0.05, 0) is 45.4 Å². The first-order valence-electron chi connectivity index (χ1n) is 8.10. The molecule has 5 nitrogen and oxygen atoms in total. The van der Waals surface area contributed by atoms with E-state index in [1.807, 2.05) is 33.8 Å². The summed E-state index contributed by atoms with van der Waals surface area (Å²) in [5, 5.41) is 8.92. The number of benzene rings is 1. The minimum atomic E-state index is -0.504. The molecule has 0 N–H and O–H groups in total. The summed E-state index contributed by atoms with van der Waals surface area (Å²) in [5.41, 5.74) is 0.453. The number of ether oxygens (including phenoxy) is 1. The fourth-order valence-electron chi connectivity index (χ4n) is 2.78. The highest BCUT2D eigenvalue weighted by atomic mass is 19.1. The molecule has 0 aliphatic carbocycles. The van der Waals surface area contributed by atoms with Crippen LogP contribution in [-0.4, -0.2) is 47.2 Å². The molecule has 0 bridgehead atoms. The van der Waals surface area contributed by atoms with Crippen LogP contribution in [0.3, 0.4) is 0 Å². The number of rotatable bonds is 2. The van der Waals surface area contributed by atoms with E-state index in [1.165, 1.54) is 6.07 Å². The number of nitriles is 1. The molecule has 1 aromatic carbocycles. The lowest BCUT2D eigenvalue weighted by Gasteiger charge is -2.40. The summed E-state index contributed by atoms with van der Waals surface area (Å²) in [4.78, 5) is 16.2. The summed E-state index contributed by atoms with van der Waals surface area (Å²) in [6.45, 7) is 10.2. The summed E-state index contributed by atoms with van der Waals surface area (Å²) < 4.78 is 18.8. The first-order valence-corrected chi connectivity index (χ1v) is 8.10. The van der Waals surface area contributed by atoms with Gasteiger partial charge in [-0.3, -0.25) is 4.90 Å². The highest BCUT2D eigenvalue weighted by molar-refractivity contribution is 5.68. The number of halogens is 1.